The van der Waals surface area contributed by atoms with Gasteiger partial charge in [-0.1, -0.05) is 6.92 Å². The van der Waals surface area contributed by atoms with E-state index < -0.39 is 10.0 Å². The fourth-order valence-electron chi connectivity index (χ4n) is 1.57. The number of rotatable bonds is 9. The number of sulfonamides is 1. The third-order valence-corrected chi connectivity index (χ3v) is 3.30. The van der Waals surface area contributed by atoms with Crippen LogP contribution in [0, 0.1) is 0 Å². The first kappa shape index (κ1) is 17.4. The second-order valence-corrected chi connectivity index (χ2v) is 6.47. The lowest BCUT2D eigenvalue weighted by Gasteiger charge is -2.08. The van der Waals surface area contributed by atoms with Gasteiger partial charge in [0, 0.05) is 31.5 Å². The van der Waals surface area contributed by atoms with Gasteiger partial charge in [-0.25, -0.2) is 13.1 Å². The molecule has 0 radical (unpaired) electrons. The highest BCUT2D eigenvalue weighted by Crippen LogP contribution is 2.07. The van der Waals surface area contributed by atoms with Crippen molar-refractivity contribution < 1.29 is 13.2 Å². The minimum absolute atomic E-state index is 0.269. The fourth-order valence-corrected chi connectivity index (χ4v) is 2.09. The maximum atomic E-state index is 11.9. The Balaban J connectivity index is 2.38. The molecule has 7 nitrogen and oxygen atoms in total. The number of amides is 1. The Morgan fingerprint density at radius 1 is 1.29 bits per heavy atom. The molecule has 118 valence electrons. The summed E-state index contributed by atoms with van der Waals surface area (Å²) in [6, 6.07) is 3.50. The molecule has 0 aliphatic heterocycles. The summed E-state index contributed by atoms with van der Waals surface area (Å²) in [7, 11) is -3.17. The van der Waals surface area contributed by atoms with Gasteiger partial charge in [-0.2, -0.15) is 0 Å². The van der Waals surface area contributed by atoms with Crippen molar-refractivity contribution in [2.75, 3.05) is 31.2 Å². The van der Waals surface area contributed by atoms with Crippen LogP contribution in [-0.4, -0.2) is 45.2 Å². The van der Waals surface area contributed by atoms with Crippen molar-refractivity contribution in [2.45, 2.75) is 19.8 Å². The van der Waals surface area contributed by atoms with E-state index >= 15 is 0 Å². The van der Waals surface area contributed by atoms with E-state index in [1.54, 1.807) is 12.3 Å². The second-order valence-electron chi connectivity index (χ2n) is 4.63. The Morgan fingerprint density at radius 2 is 2.05 bits per heavy atom. The van der Waals surface area contributed by atoms with Crippen molar-refractivity contribution in [3.63, 3.8) is 0 Å². The quantitative estimate of drug-likeness (QED) is 0.579. The summed E-state index contributed by atoms with van der Waals surface area (Å²) in [5.74, 6) is -0.269. The summed E-state index contributed by atoms with van der Waals surface area (Å²) in [5.41, 5.74) is 1.20. The Morgan fingerprint density at radius 3 is 2.71 bits per heavy atom. The predicted octanol–water partition coefficient (Wildman–Crippen LogP) is 0.573. The third-order valence-electron chi connectivity index (χ3n) is 2.58. The first-order chi connectivity index (χ1) is 9.92. The summed E-state index contributed by atoms with van der Waals surface area (Å²) >= 11 is 0. The van der Waals surface area contributed by atoms with Gasteiger partial charge in [0.1, 0.15) is 5.69 Å². The zero-order chi connectivity index (χ0) is 15.7. The highest BCUT2D eigenvalue weighted by molar-refractivity contribution is 7.88. The van der Waals surface area contributed by atoms with Crippen LogP contribution in [0.5, 0.6) is 0 Å². The molecule has 1 heterocycles. The van der Waals surface area contributed by atoms with Crippen molar-refractivity contribution in [3.8, 4) is 0 Å². The van der Waals surface area contributed by atoms with E-state index in [9.17, 15) is 13.2 Å². The smallest absolute Gasteiger partial charge is 0.269 e. The molecule has 21 heavy (non-hydrogen) atoms. The number of hydrogen-bond acceptors (Lipinski definition) is 5. The normalized spacial score (nSPS) is 11.1. The number of carbonyl (C=O) groups excluding carboxylic acids is 1. The van der Waals surface area contributed by atoms with Crippen LogP contribution in [0.15, 0.2) is 18.3 Å². The highest BCUT2D eigenvalue weighted by Gasteiger charge is 2.07. The molecule has 0 fully saturated rings. The van der Waals surface area contributed by atoms with Gasteiger partial charge in [0.05, 0.1) is 6.26 Å². The largest absolute Gasteiger partial charge is 0.385 e. The van der Waals surface area contributed by atoms with E-state index in [1.165, 1.54) is 0 Å². The third kappa shape index (κ3) is 7.62. The lowest BCUT2D eigenvalue weighted by molar-refractivity contribution is 0.0948. The Bertz CT molecular complexity index is 560. The number of nitrogens with zero attached hydrogens (tertiary/aromatic N) is 1. The average Bonchev–Trinajstić information content (AvgIpc) is 2.43. The molecule has 0 aliphatic rings. The van der Waals surface area contributed by atoms with Crippen LogP contribution in [0.4, 0.5) is 5.69 Å². The summed E-state index contributed by atoms with van der Waals surface area (Å²) in [5, 5.41) is 5.89. The molecule has 8 heteroatoms. The van der Waals surface area contributed by atoms with Gasteiger partial charge in [-0.15, -0.1) is 0 Å². The predicted molar refractivity (Wildman–Crippen MR) is 82.8 cm³/mol. The maximum Gasteiger partial charge on any atom is 0.269 e. The first-order valence-corrected chi connectivity index (χ1v) is 8.74. The Hall–Kier alpha value is -1.67. The molecule has 1 aromatic rings. The molecule has 1 amide bonds. The number of nitrogens with one attached hydrogen (secondary N) is 3. The molecule has 0 bridgehead atoms. The van der Waals surface area contributed by atoms with Gasteiger partial charge in [0.25, 0.3) is 5.91 Å². The van der Waals surface area contributed by atoms with Crippen molar-refractivity contribution >= 4 is 21.6 Å². The molecule has 0 unspecified atom stereocenters. The lowest BCUT2D eigenvalue weighted by atomic mass is 10.3. The molecular weight excluding hydrogens is 292 g/mol. The number of aromatic nitrogens is 1. The van der Waals surface area contributed by atoms with E-state index in [2.05, 4.69) is 27.3 Å². The lowest BCUT2D eigenvalue weighted by Crippen LogP contribution is -2.29. The average molecular weight is 314 g/mol. The number of carbonyl (C=O) groups is 1. The minimum Gasteiger partial charge on any atom is -0.385 e. The van der Waals surface area contributed by atoms with E-state index in [1.807, 2.05) is 6.07 Å². The van der Waals surface area contributed by atoms with Crippen LogP contribution in [0.3, 0.4) is 0 Å². The van der Waals surface area contributed by atoms with Crippen molar-refractivity contribution in [1.29, 1.82) is 0 Å². The molecular formula is C13H22N4O3S. The number of hydrogen-bond donors (Lipinski definition) is 3. The van der Waals surface area contributed by atoms with Crippen LogP contribution in [-0.2, 0) is 10.0 Å². The van der Waals surface area contributed by atoms with Crippen LogP contribution < -0.4 is 15.4 Å². The SMILES string of the molecule is CCCNc1ccnc(C(=O)NCCCNS(C)(=O)=O)c1. The van der Waals surface area contributed by atoms with Gasteiger partial charge in [-0.05, 0) is 25.0 Å². The van der Waals surface area contributed by atoms with E-state index in [4.69, 9.17) is 0 Å². The second kappa shape index (κ2) is 8.58. The van der Waals surface area contributed by atoms with Gasteiger partial charge in [0.15, 0.2) is 0 Å². The van der Waals surface area contributed by atoms with Crippen molar-refractivity contribution in [1.82, 2.24) is 15.0 Å². The van der Waals surface area contributed by atoms with Crippen LogP contribution in [0.25, 0.3) is 0 Å². The van der Waals surface area contributed by atoms with Crippen LogP contribution in [0.1, 0.15) is 30.3 Å². The summed E-state index contributed by atoms with van der Waals surface area (Å²) in [6.07, 6.45) is 4.20. The summed E-state index contributed by atoms with van der Waals surface area (Å²) in [6.45, 7) is 3.58. The molecule has 0 spiro atoms. The topological polar surface area (TPSA) is 100 Å². The van der Waals surface area contributed by atoms with Crippen molar-refractivity contribution in [2.24, 2.45) is 0 Å². The monoisotopic (exact) mass is 314 g/mol. The van der Waals surface area contributed by atoms with E-state index in [0.29, 0.717) is 25.2 Å². The molecule has 0 aliphatic carbocycles. The van der Waals surface area contributed by atoms with E-state index in [0.717, 1.165) is 24.9 Å². The minimum atomic E-state index is -3.17. The van der Waals surface area contributed by atoms with Gasteiger partial charge in [-0.3, -0.25) is 9.78 Å². The fraction of sp³-hybridized carbons (Fsp3) is 0.538. The Labute approximate surface area is 125 Å². The van der Waals surface area contributed by atoms with Gasteiger partial charge < -0.3 is 10.6 Å². The highest BCUT2D eigenvalue weighted by atomic mass is 32.2. The van der Waals surface area contributed by atoms with Crippen molar-refractivity contribution in [3.05, 3.63) is 24.0 Å². The first-order valence-electron chi connectivity index (χ1n) is 6.85. The summed E-state index contributed by atoms with van der Waals surface area (Å²) in [4.78, 5) is 15.9. The molecule has 0 aromatic carbocycles. The molecule has 0 saturated carbocycles. The molecule has 1 rings (SSSR count). The molecule has 0 saturated heterocycles. The van der Waals surface area contributed by atoms with Gasteiger partial charge >= 0.3 is 0 Å². The Kier molecular flexibility index (Phi) is 7.10. The van der Waals surface area contributed by atoms with E-state index in [-0.39, 0.29) is 5.91 Å². The van der Waals surface area contributed by atoms with Crippen LogP contribution >= 0.6 is 0 Å². The van der Waals surface area contributed by atoms with Crippen LogP contribution in [0.2, 0.25) is 0 Å². The molecule has 1 aromatic heterocycles. The zero-order valence-electron chi connectivity index (χ0n) is 12.3. The summed E-state index contributed by atoms with van der Waals surface area (Å²) < 4.78 is 24.1. The molecule has 0 atom stereocenters. The van der Waals surface area contributed by atoms with Gasteiger partial charge in [0.2, 0.25) is 10.0 Å². The number of pyridine rings is 1. The standard InChI is InChI=1S/C13H22N4O3S/c1-3-6-14-11-5-9-15-12(10-11)13(18)16-7-4-8-17-21(2,19)20/h5,9-10,17H,3-4,6-8H2,1-2H3,(H,14,15)(H,16,18). The maximum absolute atomic E-state index is 11.9. The molecule has 3 N–H and O–H groups in total. The number of anilines is 1. The zero-order valence-corrected chi connectivity index (χ0v) is 13.2.